The second-order valence-corrected chi connectivity index (χ2v) is 5.99. The number of nitrogens with one attached hydrogen (secondary N) is 2. The average molecular weight is 340 g/mol. The van der Waals surface area contributed by atoms with Crippen LogP contribution in [0.15, 0.2) is 35.1 Å². The summed E-state index contributed by atoms with van der Waals surface area (Å²) in [6, 6.07) is 7.08. The number of aromatic nitrogens is 4. The topological polar surface area (TPSA) is 97.9 Å². The Morgan fingerprint density at radius 1 is 1.24 bits per heavy atom. The Morgan fingerprint density at radius 3 is 2.68 bits per heavy atom. The number of carbonyl (C=O) groups excluding carboxylic acids is 1. The van der Waals surface area contributed by atoms with Crippen molar-refractivity contribution in [2.75, 3.05) is 10.6 Å². The van der Waals surface area contributed by atoms with E-state index in [1.165, 1.54) is 6.39 Å². The first kappa shape index (κ1) is 16.7. The fourth-order valence-electron chi connectivity index (χ4n) is 2.65. The molecule has 25 heavy (non-hydrogen) atoms. The van der Waals surface area contributed by atoms with E-state index in [2.05, 4.69) is 25.9 Å². The maximum absolute atomic E-state index is 12.4. The number of benzene rings is 1. The van der Waals surface area contributed by atoms with Crippen LogP contribution in [-0.2, 0) is 0 Å². The summed E-state index contributed by atoms with van der Waals surface area (Å²) >= 11 is 0. The molecule has 0 spiro atoms. The lowest BCUT2D eigenvalue weighted by Gasteiger charge is -2.10. The molecule has 0 unspecified atom stereocenters. The third kappa shape index (κ3) is 3.52. The van der Waals surface area contributed by atoms with E-state index in [4.69, 9.17) is 4.42 Å². The van der Waals surface area contributed by atoms with Gasteiger partial charge >= 0.3 is 6.03 Å². The number of nitrogens with zero attached hydrogens (tertiary/aromatic N) is 4. The van der Waals surface area contributed by atoms with E-state index in [0.717, 1.165) is 22.6 Å². The van der Waals surface area contributed by atoms with Crippen molar-refractivity contribution >= 4 is 17.4 Å². The molecule has 2 heterocycles. The van der Waals surface area contributed by atoms with Gasteiger partial charge in [0.25, 0.3) is 0 Å². The summed E-state index contributed by atoms with van der Waals surface area (Å²) in [5, 5.41) is 17.7. The Labute approximate surface area is 145 Å². The summed E-state index contributed by atoms with van der Waals surface area (Å²) < 4.78 is 7.06. The molecule has 1 aromatic carbocycles. The van der Waals surface area contributed by atoms with Gasteiger partial charge in [0.2, 0.25) is 12.3 Å². The van der Waals surface area contributed by atoms with Crippen LogP contribution in [0.5, 0.6) is 0 Å². The standard InChI is InChI=1S/C17H20N6O2/c1-10(2)23-12(4)15(11(3)22-23)20-17(24)19-14-7-5-6-13(8-14)16-21-18-9-25-16/h5-10H,1-4H3,(H2,19,20,24). The molecule has 2 N–H and O–H groups in total. The number of carbonyl (C=O) groups is 1. The third-order valence-electron chi connectivity index (χ3n) is 3.78. The Balaban J connectivity index is 1.75. The first-order chi connectivity index (χ1) is 12.0. The molecule has 0 bridgehead atoms. The van der Waals surface area contributed by atoms with Crippen LogP contribution in [0.25, 0.3) is 11.5 Å². The van der Waals surface area contributed by atoms with Gasteiger partial charge in [-0.3, -0.25) is 4.68 Å². The van der Waals surface area contributed by atoms with Crippen LogP contribution in [-0.4, -0.2) is 26.0 Å². The number of anilines is 2. The summed E-state index contributed by atoms with van der Waals surface area (Å²) in [5.41, 5.74) is 3.78. The highest BCUT2D eigenvalue weighted by Crippen LogP contribution is 2.23. The van der Waals surface area contributed by atoms with Gasteiger partial charge in [0, 0.05) is 17.3 Å². The Bertz CT molecular complexity index is 883. The molecular formula is C17H20N6O2. The average Bonchev–Trinajstić information content (AvgIpc) is 3.19. The fraction of sp³-hybridized carbons (Fsp3) is 0.294. The minimum Gasteiger partial charge on any atom is -0.423 e. The zero-order valence-electron chi connectivity index (χ0n) is 14.6. The molecule has 8 heteroatoms. The van der Waals surface area contributed by atoms with Gasteiger partial charge in [-0.25, -0.2) is 4.79 Å². The quantitative estimate of drug-likeness (QED) is 0.753. The van der Waals surface area contributed by atoms with Crippen molar-refractivity contribution in [2.24, 2.45) is 0 Å². The van der Waals surface area contributed by atoms with Crippen molar-refractivity contribution in [3.05, 3.63) is 42.0 Å². The molecule has 0 aliphatic rings. The second-order valence-electron chi connectivity index (χ2n) is 5.99. The van der Waals surface area contributed by atoms with Crippen molar-refractivity contribution in [1.82, 2.24) is 20.0 Å². The van der Waals surface area contributed by atoms with E-state index >= 15 is 0 Å². The largest absolute Gasteiger partial charge is 0.423 e. The lowest BCUT2D eigenvalue weighted by Crippen LogP contribution is -2.20. The van der Waals surface area contributed by atoms with E-state index in [1.54, 1.807) is 12.1 Å². The molecule has 0 aliphatic heterocycles. The van der Waals surface area contributed by atoms with Crippen molar-refractivity contribution in [2.45, 2.75) is 33.7 Å². The third-order valence-corrected chi connectivity index (χ3v) is 3.78. The number of amides is 2. The SMILES string of the molecule is Cc1nn(C(C)C)c(C)c1NC(=O)Nc1cccc(-c2nnco2)c1. The molecule has 2 aromatic heterocycles. The van der Waals surface area contributed by atoms with Gasteiger partial charge in [0.05, 0.1) is 17.1 Å². The molecule has 0 atom stereocenters. The first-order valence-electron chi connectivity index (χ1n) is 7.96. The Kier molecular flexibility index (Phi) is 4.51. The lowest BCUT2D eigenvalue weighted by molar-refractivity contribution is 0.262. The number of hydrogen-bond donors (Lipinski definition) is 2. The molecule has 2 amide bonds. The Hall–Kier alpha value is -3.16. The number of hydrogen-bond acceptors (Lipinski definition) is 5. The molecule has 8 nitrogen and oxygen atoms in total. The van der Waals surface area contributed by atoms with Crippen LogP contribution in [0.2, 0.25) is 0 Å². The summed E-state index contributed by atoms with van der Waals surface area (Å²) in [4.78, 5) is 12.4. The van der Waals surface area contributed by atoms with Crippen molar-refractivity contribution < 1.29 is 9.21 Å². The van der Waals surface area contributed by atoms with Crippen LogP contribution >= 0.6 is 0 Å². The second kappa shape index (κ2) is 6.76. The number of aryl methyl sites for hydroxylation is 1. The van der Waals surface area contributed by atoms with Gasteiger partial charge in [-0.05, 0) is 45.9 Å². The minimum atomic E-state index is -0.336. The maximum atomic E-state index is 12.4. The number of rotatable bonds is 4. The van der Waals surface area contributed by atoms with Crippen LogP contribution in [0, 0.1) is 13.8 Å². The smallest absolute Gasteiger partial charge is 0.323 e. The molecule has 0 radical (unpaired) electrons. The van der Waals surface area contributed by atoms with Gasteiger partial charge in [0.15, 0.2) is 0 Å². The number of urea groups is 1. The monoisotopic (exact) mass is 340 g/mol. The van der Waals surface area contributed by atoms with Crippen LogP contribution < -0.4 is 10.6 Å². The van der Waals surface area contributed by atoms with Gasteiger partial charge in [0.1, 0.15) is 0 Å². The molecule has 130 valence electrons. The Morgan fingerprint density at radius 2 is 2.04 bits per heavy atom. The fourth-order valence-corrected chi connectivity index (χ4v) is 2.65. The van der Waals surface area contributed by atoms with E-state index in [1.807, 2.05) is 44.5 Å². The van der Waals surface area contributed by atoms with E-state index in [-0.39, 0.29) is 12.1 Å². The summed E-state index contributed by atoms with van der Waals surface area (Å²) in [6.07, 6.45) is 1.26. The van der Waals surface area contributed by atoms with Gasteiger partial charge in [-0.15, -0.1) is 10.2 Å². The normalized spacial score (nSPS) is 10.9. The molecule has 0 saturated carbocycles. The zero-order valence-corrected chi connectivity index (χ0v) is 14.6. The van der Waals surface area contributed by atoms with E-state index < -0.39 is 0 Å². The summed E-state index contributed by atoms with van der Waals surface area (Å²) in [6.45, 7) is 7.90. The van der Waals surface area contributed by atoms with Crippen molar-refractivity contribution in [3.63, 3.8) is 0 Å². The van der Waals surface area contributed by atoms with E-state index in [0.29, 0.717) is 11.6 Å². The molecule has 3 rings (SSSR count). The summed E-state index contributed by atoms with van der Waals surface area (Å²) in [5.74, 6) is 0.397. The minimum absolute atomic E-state index is 0.225. The maximum Gasteiger partial charge on any atom is 0.323 e. The van der Waals surface area contributed by atoms with Crippen LogP contribution in [0.1, 0.15) is 31.3 Å². The van der Waals surface area contributed by atoms with Gasteiger partial charge < -0.3 is 15.1 Å². The predicted molar refractivity (Wildman–Crippen MR) is 94.5 cm³/mol. The highest BCUT2D eigenvalue weighted by molar-refractivity contribution is 6.00. The van der Waals surface area contributed by atoms with Crippen LogP contribution in [0.4, 0.5) is 16.2 Å². The highest BCUT2D eigenvalue weighted by atomic mass is 16.4. The van der Waals surface area contributed by atoms with Crippen molar-refractivity contribution in [3.8, 4) is 11.5 Å². The zero-order chi connectivity index (χ0) is 18.0. The van der Waals surface area contributed by atoms with E-state index in [9.17, 15) is 4.79 Å². The summed E-state index contributed by atoms with van der Waals surface area (Å²) in [7, 11) is 0. The lowest BCUT2D eigenvalue weighted by atomic mass is 10.2. The molecule has 0 saturated heterocycles. The molecule has 0 aliphatic carbocycles. The van der Waals surface area contributed by atoms with Gasteiger partial charge in [-0.2, -0.15) is 5.10 Å². The van der Waals surface area contributed by atoms with Crippen molar-refractivity contribution in [1.29, 1.82) is 0 Å². The highest BCUT2D eigenvalue weighted by Gasteiger charge is 2.16. The van der Waals surface area contributed by atoms with Gasteiger partial charge in [-0.1, -0.05) is 6.07 Å². The molecule has 0 fully saturated rings. The molecule has 3 aromatic rings. The first-order valence-corrected chi connectivity index (χ1v) is 7.96. The predicted octanol–water partition coefficient (Wildman–Crippen LogP) is 3.77. The van der Waals surface area contributed by atoms with Crippen LogP contribution in [0.3, 0.4) is 0 Å². The molecular weight excluding hydrogens is 320 g/mol.